The Labute approximate surface area is 112 Å². The van der Waals surface area contributed by atoms with Crippen LogP contribution in [0.4, 0.5) is 10.5 Å². The second-order valence-electron chi connectivity index (χ2n) is 5.73. The largest absolute Gasteiger partial charge is 0.444 e. The van der Waals surface area contributed by atoms with Gasteiger partial charge in [0.2, 0.25) is 0 Å². The van der Waals surface area contributed by atoms with Gasteiger partial charge in [0.1, 0.15) is 11.2 Å². The summed E-state index contributed by atoms with van der Waals surface area (Å²) in [5.74, 6) is 0. The molecule has 1 fully saturated rings. The van der Waals surface area contributed by atoms with Gasteiger partial charge in [0.15, 0.2) is 0 Å². The molecule has 0 aliphatic carbocycles. The number of anilines is 1. The first-order valence-corrected chi connectivity index (χ1v) is 6.19. The fourth-order valence-electron chi connectivity index (χ4n) is 1.77. The standard InChI is InChI=1S/C14H19NO4/c1-13(2,3)19-12(16)15-11-6-4-5-10(7-11)14(17)8-18-9-14/h4-7,17H,8-9H2,1-3H3,(H,15,16). The average molecular weight is 265 g/mol. The van der Waals surface area contributed by atoms with Crippen molar-refractivity contribution in [2.45, 2.75) is 32.0 Å². The van der Waals surface area contributed by atoms with Crippen LogP contribution in [-0.2, 0) is 15.1 Å². The first-order valence-electron chi connectivity index (χ1n) is 6.19. The van der Waals surface area contributed by atoms with Crippen LogP contribution in [0.2, 0.25) is 0 Å². The normalized spacial score (nSPS) is 17.5. The molecule has 19 heavy (non-hydrogen) atoms. The van der Waals surface area contributed by atoms with Gasteiger partial charge in [0, 0.05) is 5.69 Å². The SMILES string of the molecule is CC(C)(C)OC(=O)Nc1cccc(C2(O)COC2)c1. The zero-order chi connectivity index (χ0) is 14.1. The average Bonchev–Trinajstić information content (AvgIpc) is 2.23. The van der Waals surface area contributed by atoms with Gasteiger partial charge in [-0.2, -0.15) is 0 Å². The first-order chi connectivity index (χ1) is 8.78. The number of hydrogen-bond acceptors (Lipinski definition) is 4. The summed E-state index contributed by atoms with van der Waals surface area (Å²) in [6, 6.07) is 7.06. The Morgan fingerprint density at radius 1 is 1.42 bits per heavy atom. The molecule has 1 aliphatic rings. The highest BCUT2D eigenvalue weighted by Crippen LogP contribution is 2.30. The monoisotopic (exact) mass is 265 g/mol. The number of carbonyl (C=O) groups excluding carboxylic acids is 1. The molecule has 0 spiro atoms. The molecule has 104 valence electrons. The minimum absolute atomic E-state index is 0.281. The summed E-state index contributed by atoms with van der Waals surface area (Å²) in [5, 5.41) is 12.8. The maximum atomic E-state index is 11.7. The van der Waals surface area contributed by atoms with Crippen LogP contribution < -0.4 is 5.32 Å². The van der Waals surface area contributed by atoms with Gasteiger partial charge in [-0.15, -0.1) is 0 Å². The lowest BCUT2D eigenvalue weighted by Crippen LogP contribution is -2.46. The van der Waals surface area contributed by atoms with E-state index in [4.69, 9.17) is 9.47 Å². The summed E-state index contributed by atoms with van der Waals surface area (Å²) in [6.45, 7) is 5.97. The Bertz CT molecular complexity index is 475. The van der Waals surface area contributed by atoms with E-state index in [0.717, 1.165) is 5.56 Å². The Balaban J connectivity index is 2.05. The predicted octanol–water partition coefficient (Wildman–Crippen LogP) is 2.25. The van der Waals surface area contributed by atoms with E-state index in [-0.39, 0.29) is 13.2 Å². The third-order valence-electron chi connectivity index (χ3n) is 2.73. The van der Waals surface area contributed by atoms with Crippen LogP contribution in [-0.4, -0.2) is 30.0 Å². The van der Waals surface area contributed by atoms with E-state index >= 15 is 0 Å². The van der Waals surface area contributed by atoms with Crippen molar-refractivity contribution in [3.05, 3.63) is 29.8 Å². The van der Waals surface area contributed by atoms with Crippen LogP contribution in [0.3, 0.4) is 0 Å². The molecule has 5 nitrogen and oxygen atoms in total. The van der Waals surface area contributed by atoms with Crippen LogP contribution in [0.25, 0.3) is 0 Å². The van der Waals surface area contributed by atoms with Crippen molar-refractivity contribution in [2.75, 3.05) is 18.5 Å². The molecule has 1 aromatic rings. The molecule has 0 atom stereocenters. The van der Waals surface area contributed by atoms with E-state index in [1.165, 1.54) is 0 Å². The van der Waals surface area contributed by atoms with Crippen molar-refractivity contribution in [3.8, 4) is 0 Å². The number of amides is 1. The van der Waals surface area contributed by atoms with E-state index in [0.29, 0.717) is 5.69 Å². The Kier molecular flexibility index (Phi) is 3.52. The van der Waals surface area contributed by atoms with Crippen molar-refractivity contribution in [2.24, 2.45) is 0 Å². The molecule has 2 rings (SSSR count). The van der Waals surface area contributed by atoms with Crippen LogP contribution in [0.1, 0.15) is 26.3 Å². The van der Waals surface area contributed by atoms with Gasteiger partial charge in [-0.25, -0.2) is 4.79 Å². The molecule has 1 aliphatic heterocycles. The fraction of sp³-hybridized carbons (Fsp3) is 0.500. The van der Waals surface area contributed by atoms with E-state index in [1.54, 1.807) is 39.0 Å². The van der Waals surface area contributed by atoms with Crippen LogP contribution in [0, 0.1) is 0 Å². The van der Waals surface area contributed by atoms with Gasteiger partial charge in [-0.05, 0) is 38.5 Å². The van der Waals surface area contributed by atoms with E-state index in [2.05, 4.69) is 5.32 Å². The van der Waals surface area contributed by atoms with Crippen molar-refractivity contribution in [3.63, 3.8) is 0 Å². The molecule has 5 heteroatoms. The number of carbonyl (C=O) groups is 1. The van der Waals surface area contributed by atoms with Gasteiger partial charge in [0.25, 0.3) is 0 Å². The summed E-state index contributed by atoms with van der Waals surface area (Å²) in [7, 11) is 0. The molecule has 0 saturated carbocycles. The number of rotatable bonds is 2. The second kappa shape index (κ2) is 4.83. The molecule has 1 saturated heterocycles. The lowest BCUT2D eigenvalue weighted by Gasteiger charge is -2.36. The molecular formula is C14H19NO4. The van der Waals surface area contributed by atoms with Crippen molar-refractivity contribution in [1.82, 2.24) is 0 Å². The summed E-state index contributed by atoms with van der Waals surface area (Å²) in [5.41, 5.74) is -0.160. The summed E-state index contributed by atoms with van der Waals surface area (Å²) in [4.78, 5) is 11.7. The third kappa shape index (κ3) is 3.45. The van der Waals surface area contributed by atoms with E-state index in [1.807, 2.05) is 6.07 Å². The molecule has 1 aromatic carbocycles. The maximum absolute atomic E-state index is 11.7. The van der Waals surface area contributed by atoms with E-state index in [9.17, 15) is 9.90 Å². The topological polar surface area (TPSA) is 67.8 Å². The quantitative estimate of drug-likeness (QED) is 0.860. The maximum Gasteiger partial charge on any atom is 0.412 e. The van der Waals surface area contributed by atoms with Gasteiger partial charge in [-0.3, -0.25) is 5.32 Å². The van der Waals surface area contributed by atoms with Gasteiger partial charge < -0.3 is 14.6 Å². The van der Waals surface area contributed by atoms with Crippen LogP contribution in [0.5, 0.6) is 0 Å². The van der Waals surface area contributed by atoms with Gasteiger partial charge >= 0.3 is 6.09 Å². The summed E-state index contributed by atoms with van der Waals surface area (Å²) >= 11 is 0. The zero-order valence-electron chi connectivity index (χ0n) is 11.4. The molecule has 0 bridgehead atoms. The van der Waals surface area contributed by atoms with E-state index < -0.39 is 17.3 Å². The number of hydrogen-bond donors (Lipinski definition) is 2. The highest BCUT2D eigenvalue weighted by atomic mass is 16.6. The number of benzene rings is 1. The van der Waals surface area contributed by atoms with Crippen LogP contribution in [0.15, 0.2) is 24.3 Å². The highest BCUT2D eigenvalue weighted by molar-refractivity contribution is 5.85. The van der Waals surface area contributed by atoms with Gasteiger partial charge in [0.05, 0.1) is 13.2 Å². The molecule has 0 aromatic heterocycles. The van der Waals surface area contributed by atoms with Crippen LogP contribution >= 0.6 is 0 Å². The molecule has 0 radical (unpaired) electrons. The Morgan fingerprint density at radius 2 is 2.11 bits per heavy atom. The molecule has 0 unspecified atom stereocenters. The zero-order valence-corrected chi connectivity index (χ0v) is 11.4. The third-order valence-corrected chi connectivity index (χ3v) is 2.73. The number of ether oxygens (including phenoxy) is 2. The molecule has 1 heterocycles. The lowest BCUT2D eigenvalue weighted by molar-refractivity contribution is -0.184. The van der Waals surface area contributed by atoms with Gasteiger partial charge in [-0.1, -0.05) is 12.1 Å². The second-order valence-corrected chi connectivity index (χ2v) is 5.73. The Hall–Kier alpha value is -1.59. The van der Waals surface area contributed by atoms with Crippen molar-refractivity contribution >= 4 is 11.8 Å². The summed E-state index contributed by atoms with van der Waals surface area (Å²) < 4.78 is 10.2. The predicted molar refractivity (Wildman–Crippen MR) is 71.0 cm³/mol. The van der Waals surface area contributed by atoms with Crippen molar-refractivity contribution in [1.29, 1.82) is 0 Å². The minimum atomic E-state index is -0.939. The lowest BCUT2D eigenvalue weighted by atomic mass is 9.92. The molecule has 1 amide bonds. The minimum Gasteiger partial charge on any atom is -0.444 e. The molecular weight excluding hydrogens is 246 g/mol. The first kappa shape index (κ1) is 13.8. The number of aliphatic hydroxyl groups is 1. The van der Waals surface area contributed by atoms with Crippen molar-refractivity contribution < 1.29 is 19.4 Å². The fourth-order valence-corrected chi connectivity index (χ4v) is 1.77. The summed E-state index contributed by atoms with van der Waals surface area (Å²) in [6.07, 6.45) is -0.513. The smallest absolute Gasteiger partial charge is 0.412 e. The molecule has 2 N–H and O–H groups in total. The number of nitrogens with one attached hydrogen (secondary N) is 1. The Morgan fingerprint density at radius 3 is 2.63 bits per heavy atom. The highest BCUT2D eigenvalue weighted by Gasteiger charge is 2.38.